The molecule has 0 saturated carbocycles. The van der Waals surface area contributed by atoms with Crippen LogP contribution >= 0.6 is 0 Å². The number of hydrogen-bond acceptors (Lipinski definition) is 3. The Morgan fingerprint density at radius 1 is 1.30 bits per heavy atom. The first kappa shape index (κ1) is 17.0. The van der Waals surface area contributed by atoms with Gasteiger partial charge in [-0.05, 0) is 39.2 Å². The Hall–Kier alpha value is -1.10. The van der Waals surface area contributed by atoms with Crippen LogP contribution in [0.1, 0.15) is 52.4 Å². The van der Waals surface area contributed by atoms with Crippen LogP contribution in [0.25, 0.3) is 0 Å². The van der Waals surface area contributed by atoms with Crippen molar-refractivity contribution in [3.63, 3.8) is 0 Å². The first-order valence-corrected chi connectivity index (χ1v) is 7.78. The number of carbonyl (C=O) groups excluding carboxylic acids is 1. The SMILES string of the molecule is CCCCNC(=O)[C@@H]1CC[C@@H](C)N(CCCC(=O)O)C1. The molecule has 1 aliphatic heterocycles. The zero-order valence-corrected chi connectivity index (χ0v) is 12.7. The number of rotatable bonds is 8. The van der Waals surface area contributed by atoms with E-state index in [1.54, 1.807) is 0 Å². The van der Waals surface area contributed by atoms with E-state index in [9.17, 15) is 9.59 Å². The molecule has 1 rings (SSSR count). The van der Waals surface area contributed by atoms with Gasteiger partial charge in [0.15, 0.2) is 0 Å². The molecule has 1 fully saturated rings. The summed E-state index contributed by atoms with van der Waals surface area (Å²) in [6.45, 7) is 6.57. The van der Waals surface area contributed by atoms with Crippen molar-refractivity contribution >= 4 is 11.9 Å². The summed E-state index contributed by atoms with van der Waals surface area (Å²) in [5.74, 6) is -0.523. The van der Waals surface area contributed by atoms with Gasteiger partial charge >= 0.3 is 5.97 Å². The molecule has 1 amide bonds. The lowest BCUT2D eigenvalue weighted by atomic mass is 9.92. The van der Waals surface area contributed by atoms with Gasteiger partial charge in [0, 0.05) is 25.6 Å². The van der Waals surface area contributed by atoms with Crippen LogP contribution < -0.4 is 5.32 Å². The lowest BCUT2D eigenvalue weighted by Gasteiger charge is -2.37. The summed E-state index contributed by atoms with van der Waals surface area (Å²) >= 11 is 0. The average Bonchev–Trinajstić information content (AvgIpc) is 2.40. The molecule has 1 aliphatic rings. The van der Waals surface area contributed by atoms with Crippen molar-refractivity contribution in [2.24, 2.45) is 5.92 Å². The monoisotopic (exact) mass is 284 g/mol. The summed E-state index contributed by atoms with van der Waals surface area (Å²) in [6, 6.07) is 0.448. The number of carbonyl (C=O) groups is 2. The largest absolute Gasteiger partial charge is 0.481 e. The molecule has 0 aromatic carbocycles. The van der Waals surface area contributed by atoms with E-state index in [0.29, 0.717) is 12.5 Å². The van der Waals surface area contributed by atoms with E-state index in [-0.39, 0.29) is 18.2 Å². The molecule has 2 atom stereocenters. The van der Waals surface area contributed by atoms with E-state index in [1.807, 2.05) is 0 Å². The van der Waals surface area contributed by atoms with Gasteiger partial charge < -0.3 is 10.4 Å². The van der Waals surface area contributed by atoms with Crippen molar-refractivity contribution in [1.82, 2.24) is 10.2 Å². The Morgan fingerprint density at radius 3 is 2.70 bits per heavy atom. The molecule has 0 spiro atoms. The number of nitrogens with one attached hydrogen (secondary N) is 1. The number of amides is 1. The van der Waals surface area contributed by atoms with Gasteiger partial charge in [-0.1, -0.05) is 13.3 Å². The molecule has 0 aromatic heterocycles. The molecule has 20 heavy (non-hydrogen) atoms. The molecular weight excluding hydrogens is 256 g/mol. The first-order valence-electron chi connectivity index (χ1n) is 7.78. The smallest absolute Gasteiger partial charge is 0.303 e. The molecule has 0 unspecified atom stereocenters. The third-order valence-electron chi connectivity index (χ3n) is 4.05. The fourth-order valence-electron chi connectivity index (χ4n) is 2.67. The minimum atomic E-state index is -0.747. The molecule has 0 aliphatic carbocycles. The van der Waals surface area contributed by atoms with Crippen LogP contribution in [0, 0.1) is 5.92 Å². The topological polar surface area (TPSA) is 69.6 Å². The van der Waals surface area contributed by atoms with Crippen LogP contribution in [0.4, 0.5) is 0 Å². The number of carboxylic acids is 1. The summed E-state index contributed by atoms with van der Waals surface area (Å²) in [5.41, 5.74) is 0. The van der Waals surface area contributed by atoms with E-state index in [0.717, 1.165) is 45.3 Å². The number of piperidine rings is 1. The molecule has 0 radical (unpaired) electrons. The summed E-state index contributed by atoms with van der Waals surface area (Å²) in [6.07, 6.45) is 4.93. The second kappa shape index (κ2) is 8.95. The van der Waals surface area contributed by atoms with Crippen LogP contribution in [-0.2, 0) is 9.59 Å². The average molecular weight is 284 g/mol. The van der Waals surface area contributed by atoms with Gasteiger partial charge in [0.25, 0.3) is 0 Å². The highest BCUT2D eigenvalue weighted by molar-refractivity contribution is 5.78. The van der Waals surface area contributed by atoms with Crippen molar-refractivity contribution in [3.05, 3.63) is 0 Å². The van der Waals surface area contributed by atoms with Gasteiger partial charge in [-0.3, -0.25) is 14.5 Å². The highest BCUT2D eigenvalue weighted by Gasteiger charge is 2.29. The zero-order chi connectivity index (χ0) is 15.0. The minimum absolute atomic E-state index is 0.0629. The minimum Gasteiger partial charge on any atom is -0.481 e. The predicted molar refractivity (Wildman–Crippen MR) is 78.5 cm³/mol. The number of carboxylic acid groups (broad SMARTS) is 1. The van der Waals surface area contributed by atoms with Crippen LogP contribution in [0.5, 0.6) is 0 Å². The van der Waals surface area contributed by atoms with Gasteiger partial charge in [-0.2, -0.15) is 0 Å². The summed E-state index contributed by atoms with van der Waals surface area (Å²) in [5, 5.41) is 11.7. The fraction of sp³-hybridized carbons (Fsp3) is 0.867. The van der Waals surface area contributed by atoms with Gasteiger partial charge in [-0.15, -0.1) is 0 Å². The second-order valence-electron chi connectivity index (χ2n) is 5.76. The van der Waals surface area contributed by atoms with Crippen molar-refractivity contribution in [2.75, 3.05) is 19.6 Å². The quantitative estimate of drug-likeness (QED) is 0.668. The summed E-state index contributed by atoms with van der Waals surface area (Å²) in [4.78, 5) is 24.9. The number of unbranched alkanes of at least 4 members (excludes halogenated alkanes) is 1. The van der Waals surface area contributed by atoms with E-state index >= 15 is 0 Å². The predicted octanol–water partition coefficient (Wildman–Crippen LogP) is 1.87. The number of aliphatic carboxylic acids is 1. The Bertz CT molecular complexity index is 320. The third-order valence-corrected chi connectivity index (χ3v) is 4.05. The van der Waals surface area contributed by atoms with Gasteiger partial charge in [-0.25, -0.2) is 0 Å². The fourth-order valence-corrected chi connectivity index (χ4v) is 2.67. The van der Waals surface area contributed by atoms with Crippen molar-refractivity contribution in [1.29, 1.82) is 0 Å². The molecule has 1 saturated heterocycles. The van der Waals surface area contributed by atoms with E-state index < -0.39 is 5.97 Å². The Labute approximate surface area is 121 Å². The van der Waals surface area contributed by atoms with Gasteiger partial charge in [0.1, 0.15) is 0 Å². The molecule has 2 N–H and O–H groups in total. The van der Waals surface area contributed by atoms with Crippen LogP contribution in [0.2, 0.25) is 0 Å². The van der Waals surface area contributed by atoms with Gasteiger partial charge in [0.2, 0.25) is 5.91 Å². The van der Waals surface area contributed by atoms with E-state index in [2.05, 4.69) is 24.1 Å². The molecular formula is C15H28N2O3. The molecule has 116 valence electrons. The van der Waals surface area contributed by atoms with Crippen LogP contribution in [0.3, 0.4) is 0 Å². The molecule has 1 heterocycles. The normalized spacial score (nSPS) is 23.5. The third kappa shape index (κ3) is 5.90. The van der Waals surface area contributed by atoms with Crippen molar-refractivity contribution in [2.45, 2.75) is 58.4 Å². The van der Waals surface area contributed by atoms with Crippen molar-refractivity contribution in [3.8, 4) is 0 Å². The Kier molecular flexibility index (Phi) is 7.59. The Morgan fingerprint density at radius 2 is 2.05 bits per heavy atom. The van der Waals surface area contributed by atoms with Crippen molar-refractivity contribution < 1.29 is 14.7 Å². The maximum absolute atomic E-state index is 12.1. The lowest BCUT2D eigenvalue weighted by Crippen LogP contribution is -2.47. The Balaban J connectivity index is 2.36. The van der Waals surface area contributed by atoms with Gasteiger partial charge in [0.05, 0.1) is 5.92 Å². The maximum Gasteiger partial charge on any atom is 0.303 e. The standard InChI is InChI=1S/C15H28N2O3/c1-3-4-9-16-15(20)13-8-7-12(2)17(11-13)10-5-6-14(18)19/h12-13H,3-11H2,1-2H3,(H,16,20)(H,18,19)/t12-,13-/m1/s1. The molecule has 0 bridgehead atoms. The zero-order valence-electron chi connectivity index (χ0n) is 12.7. The highest BCUT2D eigenvalue weighted by atomic mass is 16.4. The number of likely N-dealkylation sites (tertiary alicyclic amines) is 1. The summed E-state index contributed by atoms with van der Waals surface area (Å²) < 4.78 is 0. The number of nitrogens with zero attached hydrogens (tertiary/aromatic N) is 1. The first-order chi connectivity index (χ1) is 9.54. The summed E-state index contributed by atoms with van der Waals surface area (Å²) in [7, 11) is 0. The maximum atomic E-state index is 12.1. The lowest BCUT2D eigenvalue weighted by molar-refractivity contribution is -0.137. The number of hydrogen-bond donors (Lipinski definition) is 2. The van der Waals surface area contributed by atoms with Crippen LogP contribution in [-0.4, -0.2) is 47.6 Å². The molecule has 5 nitrogen and oxygen atoms in total. The molecule has 5 heteroatoms. The highest BCUT2D eigenvalue weighted by Crippen LogP contribution is 2.22. The van der Waals surface area contributed by atoms with Crippen LogP contribution in [0.15, 0.2) is 0 Å². The van der Waals surface area contributed by atoms with E-state index in [1.165, 1.54) is 0 Å². The second-order valence-corrected chi connectivity index (χ2v) is 5.76. The van der Waals surface area contributed by atoms with E-state index in [4.69, 9.17) is 5.11 Å². The molecule has 0 aromatic rings.